The van der Waals surface area contributed by atoms with Crippen molar-refractivity contribution in [1.29, 1.82) is 0 Å². The van der Waals surface area contributed by atoms with E-state index < -0.39 is 19.1 Å². The second-order valence-corrected chi connectivity index (χ2v) is 8.45. The van der Waals surface area contributed by atoms with Gasteiger partial charge in [0.1, 0.15) is 10.6 Å². The van der Waals surface area contributed by atoms with Crippen LogP contribution in [-0.4, -0.2) is 43.4 Å². The van der Waals surface area contributed by atoms with Crippen LogP contribution in [0.25, 0.3) is 0 Å². The zero-order chi connectivity index (χ0) is 16.1. The lowest BCUT2D eigenvalue weighted by molar-refractivity contribution is 0.199. The maximum Gasteiger partial charge on any atom is 0.265 e. The highest BCUT2D eigenvalue weighted by molar-refractivity contribution is 8.13. The van der Waals surface area contributed by atoms with E-state index in [1.165, 1.54) is 26.4 Å². The molecule has 0 radical (unpaired) electrons. The number of hydrogen-bond acceptors (Lipinski definition) is 6. The van der Waals surface area contributed by atoms with Gasteiger partial charge in [-0.15, -0.1) is 0 Å². The molecule has 0 spiro atoms. The molecule has 0 heterocycles. The fourth-order valence-electron chi connectivity index (χ4n) is 1.55. The van der Waals surface area contributed by atoms with Gasteiger partial charge in [0.2, 0.25) is 10.0 Å². The number of methoxy groups -OCH3 is 2. The zero-order valence-corrected chi connectivity index (χ0v) is 13.9. The second-order valence-electron chi connectivity index (χ2n) is 4.07. The topological polar surface area (TPSA) is 98.8 Å². The van der Waals surface area contributed by atoms with Crippen LogP contribution in [0.15, 0.2) is 23.1 Å². The van der Waals surface area contributed by atoms with Crippen LogP contribution in [0.3, 0.4) is 0 Å². The summed E-state index contributed by atoms with van der Waals surface area (Å²) >= 11 is 0. The summed E-state index contributed by atoms with van der Waals surface area (Å²) in [5.74, 6) is -0.108. The van der Waals surface area contributed by atoms with Crippen LogP contribution in [0, 0.1) is 0 Å². The minimum atomic E-state index is -4.05. The lowest BCUT2D eigenvalue weighted by Gasteiger charge is -2.11. The molecule has 1 aromatic carbocycles. The van der Waals surface area contributed by atoms with Crippen molar-refractivity contribution in [2.75, 3.05) is 31.3 Å². The molecule has 10 heteroatoms. The second kappa shape index (κ2) is 7.30. The Labute approximate surface area is 128 Å². The molecule has 7 nitrogen and oxygen atoms in total. The van der Waals surface area contributed by atoms with Gasteiger partial charge in [-0.25, -0.2) is 16.8 Å². The fourth-order valence-corrected chi connectivity index (χ4v) is 3.66. The van der Waals surface area contributed by atoms with Crippen LogP contribution in [0.4, 0.5) is 5.69 Å². The lowest BCUT2D eigenvalue weighted by atomic mass is 10.3. The van der Waals surface area contributed by atoms with Crippen molar-refractivity contribution in [2.24, 2.45) is 0 Å². The summed E-state index contributed by atoms with van der Waals surface area (Å²) in [7, 11) is 0.398. The number of ether oxygens (including phenoxy) is 2. The molecule has 0 amide bonds. The number of nitrogens with one attached hydrogen (secondary N) is 1. The smallest absolute Gasteiger partial charge is 0.265 e. The third kappa shape index (κ3) is 5.70. The molecule has 0 saturated heterocycles. The van der Waals surface area contributed by atoms with Crippen molar-refractivity contribution in [3.63, 3.8) is 0 Å². The van der Waals surface area contributed by atoms with E-state index in [1.54, 1.807) is 0 Å². The maximum atomic E-state index is 11.8. The molecule has 0 fully saturated rings. The predicted octanol–water partition coefficient (Wildman–Crippen LogP) is 1.40. The van der Waals surface area contributed by atoms with Gasteiger partial charge in [-0.2, -0.15) is 0 Å². The van der Waals surface area contributed by atoms with E-state index in [0.717, 1.165) is 6.07 Å². The van der Waals surface area contributed by atoms with Crippen molar-refractivity contribution in [3.05, 3.63) is 18.2 Å². The number of benzene rings is 1. The van der Waals surface area contributed by atoms with Crippen LogP contribution in [0.1, 0.15) is 6.42 Å². The summed E-state index contributed by atoms with van der Waals surface area (Å²) in [6.45, 7) is 0.310. The van der Waals surface area contributed by atoms with Gasteiger partial charge in [-0.05, 0) is 24.6 Å². The Hall–Kier alpha value is -1.03. The Morgan fingerprint density at radius 1 is 1.19 bits per heavy atom. The third-order valence-corrected chi connectivity index (χ3v) is 5.18. The SMILES string of the molecule is COCCCS(=O)(=O)Nc1ccc(OC)c(S(=O)(=O)Cl)c1. The minimum absolute atomic E-state index is 0.0346. The molecular formula is C11H16ClNO6S2. The molecule has 0 aromatic heterocycles. The molecule has 1 rings (SSSR count). The Kier molecular flexibility index (Phi) is 6.26. The molecule has 120 valence electrons. The van der Waals surface area contributed by atoms with Gasteiger partial charge in [0.15, 0.2) is 0 Å². The summed E-state index contributed by atoms with van der Waals surface area (Å²) in [6, 6.07) is 3.82. The lowest BCUT2D eigenvalue weighted by Crippen LogP contribution is -2.18. The number of anilines is 1. The molecule has 0 aliphatic heterocycles. The van der Waals surface area contributed by atoms with E-state index in [9.17, 15) is 16.8 Å². The monoisotopic (exact) mass is 357 g/mol. The quantitative estimate of drug-likeness (QED) is 0.557. The third-order valence-electron chi connectivity index (χ3n) is 2.46. The van der Waals surface area contributed by atoms with Crippen LogP contribution >= 0.6 is 10.7 Å². The average molecular weight is 358 g/mol. The molecular weight excluding hydrogens is 342 g/mol. The van der Waals surface area contributed by atoms with Gasteiger partial charge in [-0.3, -0.25) is 4.72 Å². The van der Waals surface area contributed by atoms with E-state index in [0.29, 0.717) is 13.0 Å². The normalized spacial score (nSPS) is 12.1. The Morgan fingerprint density at radius 2 is 1.86 bits per heavy atom. The fraction of sp³-hybridized carbons (Fsp3) is 0.455. The summed E-state index contributed by atoms with van der Waals surface area (Å²) in [5, 5.41) is 0. The Balaban J connectivity index is 3.00. The number of sulfonamides is 1. The molecule has 0 saturated carbocycles. The van der Waals surface area contributed by atoms with Crippen LogP contribution < -0.4 is 9.46 Å². The summed E-state index contributed by atoms with van der Waals surface area (Å²) in [4.78, 5) is -0.302. The Morgan fingerprint density at radius 3 is 2.38 bits per heavy atom. The first-order valence-electron chi connectivity index (χ1n) is 5.82. The standard InChI is InChI=1S/C11H16ClNO6S2/c1-18-6-3-7-20(14,15)13-9-4-5-10(19-2)11(8-9)21(12,16)17/h4-5,8,13H,3,6-7H2,1-2H3. The molecule has 0 aliphatic rings. The largest absolute Gasteiger partial charge is 0.495 e. The van der Waals surface area contributed by atoms with Crippen LogP contribution in [0.5, 0.6) is 5.75 Å². The van der Waals surface area contributed by atoms with Crippen molar-refractivity contribution < 1.29 is 26.3 Å². The highest BCUT2D eigenvalue weighted by atomic mass is 35.7. The molecule has 0 bridgehead atoms. The predicted molar refractivity (Wildman–Crippen MR) is 79.9 cm³/mol. The molecule has 0 atom stereocenters. The molecule has 1 aromatic rings. The average Bonchev–Trinajstić information content (AvgIpc) is 2.37. The van der Waals surface area contributed by atoms with Gasteiger partial charge in [0.25, 0.3) is 9.05 Å². The Bertz CT molecular complexity index is 687. The first-order chi connectivity index (χ1) is 9.69. The van der Waals surface area contributed by atoms with Crippen LogP contribution in [0.2, 0.25) is 0 Å². The summed E-state index contributed by atoms with van der Waals surface area (Å²) in [5.41, 5.74) is 0.0902. The number of rotatable bonds is 8. The molecule has 0 unspecified atom stereocenters. The van der Waals surface area contributed by atoms with E-state index in [1.807, 2.05) is 0 Å². The first-order valence-corrected chi connectivity index (χ1v) is 9.78. The van der Waals surface area contributed by atoms with E-state index in [-0.39, 0.29) is 22.1 Å². The first kappa shape index (κ1) is 18.0. The van der Waals surface area contributed by atoms with E-state index >= 15 is 0 Å². The van der Waals surface area contributed by atoms with Crippen molar-refractivity contribution in [1.82, 2.24) is 0 Å². The van der Waals surface area contributed by atoms with Crippen molar-refractivity contribution >= 4 is 35.4 Å². The number of hydrogen-bond donors (Lipinski definition) is 1. The minimum Gasteiger partial charge on any atom is -0.495 e. The maximum absolute atomic E-state index is 11.8. The van der Waals surface area contributed by atoms with E-state index in [4.69, 9.17) is 20.2 Å². The van der Waals surface area contributed by atoms with Gasteiger partial charge >= 0.3 is 0 Å². The summed E-state index contributed by atoms with van der Waals surface area (Å²) < 4.78 is 58.4. The van der Waals surface area contributed by atoms with Gasteiger partial charge < -0.3 is 9.47 Å². The summed E-state index contributed by atoms with van der Waals surface area (Å²) in [6.07, 6.45) is 0.322. The van der Waals surface area contributed by atoms with Gasteiger partial charge in [-0.1, -0.05) is 0 Å². The van der Waals surface area contributed by atoms with Crippen molar-refractivity contribution in [3.8, 4) is 5.75 Å². The molecule has 0 aliphatic carbocycles. The molecule has 21 heavy (non-hydrogen) atoms. The van der Waals surface area contributed by atoms with Gasteiger partial charge in [0.05, 0.1) is 18.6 Å². The highest BCUT2D eigenvalue weighted by Crippen LogP contribution is 2.30. The zero-order valence-electron chi connectivity index (χ0n) is 11.5. The van der Waals surface area contributed by atoms with Crippen LogP contribution in [-0.2, 0) is 23.8 Å². The highest BCUT2D eigenvalue weighted by Gasteiger charge is 2.19. The molecule has 1 N–H and O–H groups in total. The van der Waals surface area contributed by atoms with Crippen molar-refractivity contribution in [2.45, 2.75) is 11.3 Å². The number of halogens is 1. The van der Waals surface area contributed by atoms with Gasteiger partial charge in [0, 0.05) is 24.4 Å². The van der Waals surface area contributed by atoms with E-state index in [2.05, 4.69) is 4.72 Å².